The van der Waals surface area contributed by atoms with E-state index in [1.165, 1.54) is 12.1 Å². The van der Waals surface area contributed by atoms with Gasteiger partial charge in [0.2, 0.25) is 0 Å². The highest BCUT2D eigenvalue weighted by molar-refractivity contribution is 5.84. The van der Waals surface area contributed by atoms with Crippen molar-refractivity contribution in [3.63, 3.8) is 0 Å². The highest BCUT2D eigenvalue weighted by atomic mass is 19.1. The molecule has 120 valence electrons. The van der Waals surface area contributed by atoms with Crippen LogP contribution in [0.15, 0.2) is 36.4 Å². The van der Waals surface area contributed by atoms with Crippen molar-refractivity contribution >= 4 is 11.0 Å². The fourth-order valence-electron chi connectivity index (χ4n) is 2.63. The molecule has 0 saturated carbocycles. The first-order valence-electron chi connectivity index (χ1n) is 7.17. The molecular formula is C17H17FN2O3. The third-order valence-electron chi connectivity index (χ3n) is 3.66. The minimum absolute atomic E-state index is 0.0535. The van der Waals surface area contributed by atoms with Gasteiger partial charge in [-0.15, -0.1) is 0 Å². The first-order valence-corrected chi connectivity index (χ1v) is 7.17. The summed E-state index contributed by atoms with van der Waals surface area (Å²) in [5, 5.41) is 9.37. The number of aliphatic hydroxyl groups is 1. The number of imidazole rings is 1. The third-order valence-corrected chi connectivity index (χ3v) is 3.66. The molecule has 0 unspecified atom stereocenters. The van der Waals surface area contributed by atoms with Crippen LogP contribution in [0.1, 0.15) is 0 Å². The molecule has 0 aliphatic heterocycles. The molecule has 0 atom stereocenters. The first kappa shape index (κ1) is 15.3. The summed E-state index contributed by atoms with van der Waals surface area (Å²) in [5.74, 6) is 1.40. The molecule has 0 bridgehead atoms. The van der Waals surface area contributed by atoms with Crippen LogP contribution in [0.3, 0.4) is 0 Å². The van der Waals surface area contributed by atoms with E-state index in [1.807, 2.05) is 4.57 Å². The van der Waals surface area contributed by atoms with Gasteiger partial charge in [-0.05, 0) is 12.1 Å². The van der Waals surface area contributed by atoms with Gasteiger partial charge in [-0.2, -0.15) is 0 Å². The maximum Gasteiger partial charge on any atom is 0.163 e. The monoisotopic (exact) mass is 316 g/mol. The molecule has 0 aliphatic carbocycles. The van der Waals surface area contributed by atoms with Gasteiger partial charge in [0.25, 0.3) is 0 Å². The minimum Gasteiger partial charge on any atom is -0.493 e. The average molecular weight is 316 g/mol. The Kier molecular flexibility index (Phi) is 4.16. The lowest BCUT2D eigenvalue weighted by Crippen LogP contribution is -2.04. The van der Waals surface area contributed by atoms with Gasteiger partial charge in [0.15, 0.2) is 11.5 Å². The Morgan fingerprint density at radius 1 is 1.13 bits per heavy atom. The largest absolute Gasteiger partial charge is 0.493 e. The van der Waals surface area contributed by atoms with Crippen LogP contribution in [0.5, 0.6) is 11.5 Å². The Balaban J connectivity index is 2.27. The minimum atomic E-state index is -0.333. The Hall–Kier alpha value is -2.60. The summed E-state index contributed by atoms with van der Waals surface area (Å²) < 4.78 is 26.0. The van der Waals surface area contributed by atoms with Gasteiger partial charge >= 0.3 is 0 Å². The van der Waals surface area contributed by atoms with Crippen LogP contribution < -0.4 is 9.47 Å². The topological polar surface area (TPSA) is 56.5 Å². The van der Waals surface area contributed by atoms with Crippen molar-refractivity contribution in [1.29, 1.82) is 0 Å². The van der Waals surface area contributed by atoms with Crippen LogP contribution in [0, 0.1) is 5.82 Å². The van der Waals surface area contributed by atoms with E-state index < -0.39 is 0 Å². The molecule has 0 spiro atoms. The molecular weight excluding hydrogens is 299 g/mol. The van der Waals surface area contributed by atoms with Gasteiger partial charge in [0.1, 0.15) is 11.6 Å². The Morgan fingerprint density at radius 2 is 1.87 bits per heavy atom. The summed E-state index contributed by atoms with van der Waals surface area (Å²) in [6.45, 7) is 0.292. The summed E-state index contributed by atoms with van der Waals surface area (Å²) in [5.41, 5.74) is 2.12. The van der Waals surface area contributed by atoms with E-state index in [1.54, 1.807) is 38.5 Å². The maximum atomic E-state index is 13.5. The number of aliphatic hydroxyl groups excluding tert-OH is 1. The first-order chi connectivity index (χ1) is 11.2. The number of ether oxygens (including phenoxy) is 2. The van der Waals surface area contributed by atoms with Gasteiger partial charge in [0, 0.05) is 24.2 Å². The van der Waals surface area contributed by atoms with Crippen molar-refractivity contribution in [3.8, 4) is 22.9 Å². The van der Waals surface area contributed by atoms with E-state index in [4.69, 9.17) is 9.47 Å². The number of nitrogens with zero attached hydrogens (tertiary/aromatic N) is 2. The van der Waals surface area contributed by atoms with Crippen molar-refractivity contribution in [3.05, 3.63) is 42.2 Å². The fourth-order valence-corrected chi connectivity index (χ4v) is 2.63. The molecule has 0 aliphatic rings. The highest BCUT2D eigenvalue weighted by Gasteiger charge is 2.16. The molecule has 3 rings (SSSR count). The standard InChI is InChI=1S/C17H17FN2O3/c1-22-15-9-13-14(10-16(15)23-2)20(6-7-21)17(19-13)11-4-3-5-12(18)8-11/h3-5,8-10,21H,6-7H2,1-2H3. The van der Waals surface area contributed by atoms with Crippen LogP contribution in [0.25, 0.3) is 22.4 Å². The molecule has 0 fully saturated rings. The molecule has 1 aromatic heterocycles. The summed E-state index contributed by atoms with van der Waals surface area (Å²) in [6.07, 6.45) is 0. The maximum absolute atomic E-state index is 13.5. The van der Waals surface area contributed by atoms with Crippen LogP contribution in [0.4, 0.5) is 4.39 Å². The number of hydrogen-bond acceptors (Lipinski definition) is 4. The Bertz CT molecular complexity index is 845. The average Bonchev–Trinajstić information content (AvgIpc) is 2.91. The van der Waals surface area contributed by atoms with Crippen molar-refractivity contribution in [2.45, 2.75) is 6.54 Å². The van der Waals surface area contributed by atoms with Crippen molar-refractivity contribution in [2.24, 2.45) is 0 Å². The molecule has 0 saturated heterocycles. The van der Waals surface area contributed by atoms with Crippen LogP contribution in [-0.4, -0.2) is 35.5 Å². The smallest absolute Gasteiger partial charge is 0.163 e. The zero-order valence-electron chi connectivity index (χ0n) is 12.9. The molecule has 6 heteroatoms. The van der Waals surface area contributed by atoms with Gasteiger partial charge < -0.3 is 19.1 Å². The third kappa shape index (κ3) is 2.73. The van der Waals surface area contributed by atoms with Crippen LogP contribution in [-0.2, 0) is 6.54 Å². The number of benzene rings is 2. The van der Waals surface area contributed by atoms with Crippen LogP contribution in [0.2, 0.25) is 0 Å². The zero-order valence-corrected chi connectivity index (χ0v) is 12.9. The van der Waals surface area contributed by atoms with Crippen molar-refractivity contribution in [1.82, 2.24) is 9.55 Å². The Morgan fingerprint density at radius 3 is 2.52 bits per heavy atom. The van der Waals surface area contributed by atoms with Crippen LogP contribution >= 0.6 is 0 Å². The molecule has 0 amide bonds. The van der Waals surface area contributed by atoms with E-state index in [0.29, 0.717) is 34.9 Å². The van der Waals surface area contributed by atoms with Crippen molar-refractivity contribution in [2.75, 3.05) is 20.8 Å². The molecule has 5 nitrogen and oxygen atoms in total. The molecule has 0 radical (unpaired) electrons. The summed E-state index contributed by atoms with van der Waals surface area (Å²) >= 11 is 0. The molecule has 1 heterocycles. The number of methoxy groups -OCH3 is 2. The molecule has 1 N–H and O–H groups in total. The fraction of sp³-hybridized carbons (Fsp3) is 0.235. The van der Waals surface area contributed by atoms with Gasteiger partial charge in [-0.3, -0.25) is 0 Å². The normalized spacial score (nSPS) is 11.0. The summed E-state index contributed by atoms with van der Waals surface area (Å²) in [7, 11) is 3.12. The van der Waals surface area contributed by atoms with Crippen molar-refractivity contribution < 1.29 is 19.0 Å². The quantitative estimate of drug-likeness (QED) is 0.786. The highest BCUT2D eigenvalue weighted by Crippen LogP contribution is 2.34. The lowest BCUT2D eigenvalue weighted by Gasteiger charge is -2.10. The number of fused-ring (bicyclic) bond motifs is 1. The van der Waals surface area contributed by atoms with E-state index in [9.17, 15) is 9.50 Å². The number of halogens is 1. The second kappa shape index (κ2) is 6.26. The van der Waals surface area contributed by atoms with Gasteiger partial charge in [-0.25, -0.2) is 9.37 Å². The molecule has 3 aromatic rings. The lowest BCUT2D eigenvalue weighted by atomic mass is 10.2. The SMILES string of the molecule is COc1cc2nc(-c3cccc(F)c3)n(CCO)c2cc1OC. The van der Waals surface area contributed by atoms with E-state index >= 15 is 0 Å². The van der Waals surface area contributed by atoms with Gasteiger partial charge in [-0.1, -0.05) is 12.1 Å². The van der Waals surface area contributed by atoms with E-state index in [2.05, 4.69) is 4.98 Å². The van der Waals surface area contributed by atoms with Gasteiger partial charge in [0.05, 0.1) is 31.9 Å². The number of hydrogen-bond donors (Lipinski definition) is 1. The Labute approximate surface area is 132 Å². The zero-order chi connectivity index (χ0) is 16.4. The lowest BCUT2D eigenvalue weighted by molar-refractivity contribution is 0.278. The summed E-state index contributed by atoms with van der Waals surface area (Å²) in [4.78, 5) is 4.58. The number of rotatable bonds is 5. The van der Waals surface area contributed by atoms with E-state index in [-0.39, 0.29) is 12.4 Å². The summed E-state index contributed by atoms with van der Waals surface area (Å²) in [6, 6.07) is 9.80. The number of aromatic nitrogens is 2. The molecule has 2 aromatic carbocycles. The van der Waals surface area contributed by atoms with E-state index in [0.717, 1.165) is 5.52 Å². The second-order valence-corrected chi connectivity index (χ2v) is 5.02. The predicted molar refractivity (Wildman–Crippen MR) is 85.3 cm³/mol. The predicted octanol–water partition coefficient (Wildman–Crippen LogP) is 2.85. The molecule has 23 heavy (non-hydrogen) atoms. The second-order valence-electron chi connectivity index (χ2n) is 5.02.